The molecule has 3 N–H and O–H groups in total. The molecule has 0 unspecified atom stereocenters. The molecule has 1 fully saturated rings. The highest BCUT2D eigenvalue weighted by atomic mass is 19.1. The molecule has 0 saturated carbocycles. The molecule has 48 heavy (non-hydrogen) atoms. The van der Waals surface area contributed by atoms with Gasteiger partial charge in [-0.3, -0.25) is 29.1 Å². The van der Waals surface area contributed by atoms with E-state index in [1.165, 1.54) is 6.07 Å². The van der Waals surface area contributed by atoms with E-state index in [1.54, 1.807) is 40.4 Å². The van der Waals surface area contributed by atoms with Gasteiger partial charge in [0.2, 0.25) is 0 Å². The van der Waals surface area contributed by atoms with Crippen LogP contribution in [0.5, 0.6) is 0 Å². The summed E-state index contributed by atoms with van der Waals surface area (Å²) in [5.41, 5.74) is 6.09. The van der Waals surface area contributed by atoms with Crippen molar-refractivity contribution in [3.8, 4) is 0 Å². The number of amides is 2. The molecule has 2 amide bonds. The van der Waals surface area contributed by atoms with Gasteiger partial charge >= 0.3 is 0 Å². The van der Waals surface area contributed by atoms with Crippen molar-refractivity contribution in [3.05, 3.63) is 105 Å². The third-order valence-corrected chi connectivity index (χ3v) is 8.93. The van der Waals surface area contributed by atoms with Gasteiger partial charge in [0.05, 0.1) is 16.6 Å². The fourth-order valence-corrected chi connectivity index (χ4v) is 6.27. The van der Waals surface area contributed by atoms with Crippen LogP contribution in [0.2, 0.25) is 0 Å². The second-order valence-electron chi connectivity index (χ2n) is 12.6. The van der Waals surface area contributed by atoms with Crippen LogP contribution >= 0.6 is 0 Å². The lowest BCUT2D eigenvalue weighted by molar-refractivity contribution is 0.0706. The summed E-state index contributed by atoms with van der Waals surface area (Å²) in [6.07, 6.45) is 3.50. The number of hydrogen-bond donors (Lipinski definition) is 3. The Balaban J connectivity index is 1.14. The van der Waals surface area contributed by atoms with Crippen molar-refractivity contribution in [2.45, 2.75) is 25.9 Å². The van der Waals surface area contributed by atoms with Crippen LogP contribution in [0.15, 0.2) is 65.5 Å². The van der Waals surface area contributed by atoms with Crippen molar-refractivity contribution in [2.75, 3.05) is 58.3 Å². The van der Waals surface area contributed by atoms with E-state index in [0.717, 1.165) is 29.7 Å². The summed E-state index contributed by atoms with van der Waals surface area (Å²) >= 11 is 0. The number of fused-ring (bicyclic) bond motifs is 2. The first-order chi connectivity index (χ1) is 23.2. The number of allylic oxidation sites excluding steroid dienone is 1. The van der Waals surface area contributed by atoms with E-state index >= 15 is 4.39 Å². The molecular weight excluding hydrogens is 613 g/mol. The molecule has 6 rings (SSSR count). The number of halogens is 1. The fourth-order valence-electron chi connectivity index (χ4n) is 6.27. The first-order valence-electron chi connectivity index (χ1n) is 16.2. The molecule has 0 aliphatic carbocycles. The molecule has 1 saturated heterocycles. The van der Waals surface area contributed by atoms with Crippen LogP contribution in [0.3, 0.4) is 0 Å². The van der Waals surface area contributed by atoms with Gasteiger partial charge in [-0.05, 0) is 92.7 Å². The fraction of sp³-hybridized carbons (Fsp3) is 0.333. The number of carbonyl (C=O) groups excluding carboxylic acids is 2. The van der Waals surface area contributed by atoms with Crippen LogP contribution in [0.1, 0.15) is 50.5 Å². The first-order valence-corrected chi connectivity index (χ1v) is 16.2. The average Bonchev–Trinajstić information content (AvgIpc) is 3.49. The summed E-state index contributed by atoms with van der Waals surface area (Å²) in [5, 5.41) is 12.0. The number of hydrogen-bond acceptors (Lipinski definition) is 8. The van der Waals surface area contributed by atoms with Gasteiger partial charge in [0, 0.05) is 56.9 Å². The van der Waals surface area contributed by atoms with Gasteiger partial charge in [0.25, 0.3) is 17.4 Å². The highest BCUT2D eigenvalue weighted by Gasteiger charge is 2.25. The summed E-state index contributed by atoms with van der Waals surface area (Å²) in [7, 11) is 4.01. The van der Waals surface area contributed by atoms with Crippen molar-refractivity contribution >= 4 is 40.1 Å². The summed E-state index contributed by atoms with van der Waals surface area (Å²) in [5.74, 6) is -0.519. The largest absolute Gasteiger partial charge is 0.367 e. The zero-order valence-corrected chi connectivity index (χ0v) is 27.2. The second kappa shape index (κ2) is 14.5. The van der Waals surface area contributed by atoms with Gasteiger partial charge in [0.15, 0.2) is 0 Å². The van der Waals surface area contributed by atoms with Crippen LogP contribution < -0.4 is 21.3 Å². The quantitative estimate of drug-likeness (QED) is 0.135. The molecule has 3 aromatic carbocycles. The maximum atomic E-state index is 15.5. The SMILES string of the molecule is CN(C)CCCNC(=O)c1ccc(/C=C2\CCn3c2nc2cc(N4CCN(Cc5ccc(C(=O)NO)cc5)CC4)c(F)cc2c3=O)cc1. The molecule has 0 atom stereocenters. The van der Waals surface area contributed by atoms with Crippen LogP contribution in [-0.4, -0.2) is 89.7 Å². The average molecular weight is 654 g/mol. The molecule has 12 heteroatoms. The Bertz CT molecular complexity index is 1900. The van der Waals surface area contributed by atoms with E-state index in [9.17, 15) is 14.4 Å². The number of nitrogens with one attached hydrogen (secondary N) is 2. The summed E-state index contributed by atoms with van der Waals surface area (Å²) in [6.45, 7) is 5.30. The zero-order chi connectivity index (χ0) is 33.8. The highest BCUT2D eigenvalue weighted by molar-refractivity contribution is 5.95. The first kappa shape index (κ1) is 33.0. The van der Waals surface area contributed by atoms with Crippen molar-refractivity contribution in [2.24, 2.45) is 0 Å². The van der Waals surface area contributed by atoms with Gasteiger partial charge in [-0.1, -0.05) is 24.3 Å². The minimum absolute atomic E-state index is 0.107. The molecule has 4 aromatic rings. The van der Waals surface area contributed by atoms with Crippen LogP contribution in [-0.2, 0) is 13.1 Å². The van der Waals surface area contributed by atoms with E-state index < -0.39 is 11.7 Å². The number of hydroxylamine groups is 1. The smallest absolute Gasteiger partial charge is 0.274 e. The van der Waals surface area contributed by atoms with Crippen LogP contribution in [0, 0.1) is 5.82 Å². The van der Waals surface area contributed by atoms with Crippen molar-refractivity contribution in [1.82, 2.24) is 30.1 Å². The maximum absolute atomic E-state index is 15.5. The van der Waals surface area contributed by atoms with E-state index in [1.807, 2.05) is 49.3 Å². The van der Waals surface area contributed by atoms with Crippen LogP contribution in [0.4, 0.5) is 10.1 Å². The van der Waals surface area contributed by atoms with Crippen molar-refractivity contribution in [1.29, 1.82) is 0 Å². The Kier molecular flexibility index (Phi) is 9.95. The van der Waals surface area contributed by atoms with E-state index in [-0.39, 0.29) is 16.9 Å². The Morgan fingerprint density at radius 3 is 2.33 bits per heavy atom. The zero-order valence-electron chi connectivity index (χ0n) is 27.2. The molecule has 3 heterocycles. The summed E-state index contributed by atoms with van der Waals surface area (Å²) in [6, 6.07) is 17.4. The minimum atomic E-state index is -0.555. The Morgan fingerprint density at radius 2 is 1.65 bits per heavy atom. The van der Waals surface area contributed by atoms with Crippen molar-refractivity contribution < 1.29 is 19.2 Å². The van der Waals surface area contributed by atoms with E-state index in [2.05, 4.69) is 15.1 Å². The molecular formula is C36H40FN7O4. The van der Waals surface area contributed by atoms with E-state index in [4.69, 9.17) is 10.2 Å². The van der Waals surface area contributed by atoms with Gasteiger partial charge in [0.1, 0.15) is 11.6 Å². The third kappa shape index (κ3) is 7.30. The highest BCUT2D eigenvalue weighted by Crippen LogP contribution is 2.30. The van der Waals surface area contributed by atoms with Gasteiger partial charge < -0.3 is 15.1 Å². The third-order valence-electron chi connectivity index (χ3n) is 8.93. The Morgan fingerprint density at radius 1 is 0.958 bits per heavy atom. The molecule has 1 aromatic heterocycles. The lowest BCUT2D eigenvalue weighted by Crippen LogP contribution is -2.46. The number of piperazine rings is 1. The predicted octanol–water partition coefficient (Wildman–Crippen LogP) is 3.60. The molecule has 0 bridgehead atoms. The number of rotatable bonds is 10. The minimum Gasteiger partial charge on any atom is -0.367 e. The number of carbonyl (C=O) groups is 2. The lowest BCUT2D eigenvalue weighted by Gasteiger charge is -2.36. The number of aromatic nitrogens is 2. The second-order valence-corrected chi connectivity index (χ2v) is 12.6. The number of nitrogens with zero attached hydrogens (tertiary/aromatic N) is 5. The van der Waals surface area contributed by atoms with Crippen LogP contribution in [0.25, 0.3) is 22.6 Å². The number of benzene rings is 3. The predicted molar refractivity (Wildman–Crippen MR) is 184 cm³/mol. The molecule has 250 valence electrons. The maximum Gasteiger partial charge on any atom is 0.274 e. The molecule has 0 radical (unpaired) electrons. The summed E-state index contributed by atoms with van der Waals surface area (Å²) < 4.78 is 17.1. The van der Waals surface area contributed by atoms with Crippen molar-refractivity contribution in [3.63, 3.8) is 0 Å². The molecule has 11 nitrogen and oxygen atoms in total. The molecule has 2 aliphatic heterocycles. The molecule has 2 aliphatic rings. The number of anilines is 1. The normalized spacial score (nSPS) is 15.7. The van der Waals surface area contributed by atoms with Gasteiger partial charge in [-0.25, -0.2) is 14.9 Å². The Labute approximate surface area is 278 Å². The topological polar surface area (TPSA) is 123 Å². The van der Waals surface area contributed by atoms with Gasteiger partial charge in [-0.15, -0.1) is 0 Å². The standard InChI is InChI=1S/C36H40FN7O4/c1-41(2)14-3-13-38-34(45)26-8-4-24(5-9-26)20-28-12-15-44-33(28)39-31-22-32(30(37)21-29(31)36(44)47)43-18-16-42(17-19-43)23-25-6-10-27(11-7-25)35(46)40-48/h4-11,20-22,48H,3,12-19,23H2,1-2H3,(H,38,45)(H,40,46)/b28-20+. The van der Waals surface area contributed by atoms with Gasteiger partial charge in [-0.2, -0.15) is 0 Å². The monoisotopic (exact) mass is 653 g/mol. The Hall–Kier alpha value is -4.91. The van der Waals surface area contributed by atoms with E-state index in [0.29, 0.717) is 80.4 Å². The molecule has 0 spiro atoms. The summed E-state index contributed by atoms with van der Waals surface area (Å²) in [4.78, 5) is 48.8. The lowest BCUT2D eigenvalue weighted by atomic mass is 10.1.